The molecule has 2 heterocycles. The summed E-state index contributed by atoms with van der Waals surface area (Å²) in [7, 11) is 0. The zero-order valence-corrected chi connectivity index (χ0v) is 15.0. The molecule has 5 heteroatoms. The number of ether oxygens (including phenoxy) is 1. The number of carbonyl (C=O) groups excluding carboxylic acids is 1. The number of pyridine rings is 1. The SMILES string of the molecule is Cc1cnccc1CNC(=O)N1C[C@@H](c2ccccc2C)OC[C@H]1C. The second kappa shape index (κ2) is 7.66. The predicted octanol–water partition coefficient (Wildman–Crippen LogP) is 3.37. The molecule has 5 nitrogen and oxygen atoms in total. The first-order chi connectivity index (χ1) is 12.1. The van der Waals surface area contributed by atoms with Gasteiger partial charge in [-0.05, 0) is 49.1 Å². The van der Waals surface area contributed by atoms with Crippen molar-refractivity contribution in [2.45, 2.75) is 39.5 Å². The van der Waals surface area contributed by atoms with Gasteiger partial charge in [0.25, 0.3) is 0 Å². The Morgan fingerprint density at radius 3 is 2.84 bits per heavy atom. The van der Waals surface area contributed by atoms with Crippen LogP contribution < -0.4 is 5.32 Å². The van der Waals surface area contributed by atoms with Crippen molar-refractivity contribution in [3.05, 3.63) is 65.0 Å². The van der Waals surface area contributed by atoms with Crippen molar-refractivity contribution in [1.82, 2.24) is 15.2 Å². The lowest BCUT2D eigenvalue weighted by Crippen LogP contribution is -2.52. The minimum atomic E-state index is -0.0780. The Hall–Kier alpha value is -2.40. The lowest BCUT2D eigenvalue weighted by atomic mass is 10.0. The van der Waals surface area contributed by atoms with E-state index < -0.39 is 0 Å². The van der Waals surface area contributed by atoms with Gasteiger partial charge in [0.2, 0.25) is 0 Å². The highest BCUT2D eigenvalue weighted by atomic mass is 16.5. The van der Waals surface area contributed by atoms with Gasteiger partial charge in [-0.1, -0.05) is 24.3 Å². The van der Waals surface area contributed by atoms with Gasteiger partial charge in [-0.25, -0.2) is 4.79 Å². The van der Waals surface area contributed by atoms with E-state index in [0.29, 0.717) is 19.7 Å². The highest BCUT2D eigenvalue weighted by Crippen LogP contribution is 2.27. The van der Waals surface area contributed by atoms with Crippen LogP contribution in [0.5, 0.6) is 0 Å². The van der Waals surface area contributed by atoms with Gasteiger partial charge in [0.05, 0.1) is 19.2 Å². The van der Waals surface area contributed by atoms with E-state index >= 15 is 0 Å². The number of carbonyl (C=O) groups is 1. The third-order valence-corrected chi connectivity index (χ3v) is 4.80. The molecular weight excluding hydrogens is 314 g/mol. The molecule has 2 amide bonds. The number of nitrogens with zero attached hydrogens (tertiary/aromatic N) is 2. The molecule has 1 N–H and O–H groups in total. The maximum absolute atomic E-state index is 12.7. The van der Waals surface area contributed by atoms with Crippen LogP contribution in [0.25, 0.3) is 0 Å². The summed E-state index contributed by atoms with van der Waals surface area (Å²) in [5, 5.41) is 3.03. The molecule has 0 radical (unpaired) electrons. The first-order valence-corrected chi connectivity index (χ1v) is 8.67. The lowest BCUT2D eigenvalue weighted by molar-refractivity contribution is -0.0430. The lowest BCUT2D eigenvalue weighted by Gasteiger charge is -2.38. The molecular formula is C20H25N3O2. The maximum atomic E-state index is 12.7. The monoisotopic (exact) mass is 339 g/mol. The number of benzene rings is 1. The smallest absolute Gasteiger partial charge is 0.318 e. The number of urea groups is 1. The topological polar surface area (TPSA) is 54.5 Å². The Bertz CT molecular complexity index is 747. The molecule has 25 heavy (non-hydrogen) atoms. The number of aryl methyl sites for hydroxylation is 2. The predicted molar refractivity (Wildman–Crippen MR) is 97.2 cm³/mol. The van der Waals surface area contributed by atoms with Crippen LogP contribution in [-0.4, -0.2) is 35.1 Å². The minimum absolute atomic E-state index is 0.0504. The summed E-state index contributed by atoms with van der Waals surface area (Å²) in [5.41, 5.74) is 4.50. The molecule has 0 saturated carbocycles. The van der Waals surface area contributed by atoms with Gasteiger partial charge in [-0.15, -0.1) is 0 Å². The largest absolute Gasteiger partial charge is 0.370 e. The van der Waals surface area contributed by atoms with Crippen LogP contribution in [0.4, 0.5) is 4.79 Å². The van der Waals surface area contributed by atoms with Gasteiger partial charge in [-0.2, -0.15) is 0 Å². The molecule has 1 saturated heterocycles. The van der Waals surface area contributed by atoms with Crippen LogP contribution in [0.3, 0.4) is 0 Å². The molecule has 0 unspecified atom stereocenters. The van der Waals surface area contributed by atoms with Gasteiger partial charge in [-0.3, -0.25) is 4.98 Å². The summed E-state index contributed by atoms with van der Waals surface area (Å²) < 4.78 is 5.99. The van der Waals surface area contributed by atoms with Gasteiger partial charge in [0.1, 0.15) is 6.10 Å². The van der Waals surface area contributed by atoms with Crippen LogP contribution in [0.2, 0.25) is 0 Å². The van der Waals surface area contributed by atoms with Crippen molar-refractivity contribution < 1.29 is 9.53 Å². The molecule has 132 valence electrons. The summed E-state index contributed by atoms with van der Waals surface area (Å²) >= 11 is 0. The van der Waals surface area contributed by atoms with Crippen molar-refractivity contribution in [2.24, 2.45) is 0 Å². The third-order valence-electron chi connectivity index (χ3n) is 4.80. The van der Waals surface area contributed by atoms with Crippen molar-refractivity contribution in [3.8, 4) is 0 Å². The van der Waals surface area contributed by atoms with Gasteiger partial charge in [0, 0.05) is 18.9 Å². The average Bonchev–Trinajstić information content (AvgIpc) is 2.62. The molecule has 1 aliphatic heterocycles. The Labute approximate surface area is 149 Å². The molecule has 2 aromatic rings. The van der Waals surface area contributed by atoms with Crippen LogP contribution >= 0.6 is 0 Å². The zero-order valence-electron chi connectivity index (χ0n) is 15.0. The first kappa shape index (κ1) is 17.4. The standard InChI is InChI=1S/C20H25N3O2/c1-14-6-4-5-7-18(14)19-12-23(16(3)13-25-19)20(24)22-11-17-8-9-21-10-15(17)2/h4-10,16,19H,11-13H2,1-3H3,(H,22,24)/t16-,19+/m1/s1. The average molecular weight is 339 g/mol. The Kier molecular flexibility index (Phi) is 5.34. The summed E-state index contributed by atoms with van der Waals surface area (Å²) in [6.45, 7) is 7.71. The minimum Gasteiger partial charge on any atom is -0.370 e. The molecule has 1 fully saturated rings. The molecule has 0 spiro atoms. The number of amides is 2. The molecule has 2 atom stereocenters. The molecule has 1 aromatic heterocycles. The molecule has 0 aliphatic carbocycles. The fourth-order valence-electron chi connectivity index (χ4n) is 3.15. The number of morpholine rings is 1. The van der Waals surface area contributed by atoms with E-state index in [1.165, 1.54) is 5.56 Å². The number of rotatable bonds is 3. The quantitative estimate of drug-likeness (QED) is 0.933. The number of hydrogen-bond donors (Lipinski definition) is 1. The number of aromatic nitrogens is 1. The van der Waals surface area contributed by atoms with E-state index in [2.05, 4.69) is 29.4 Å². The molecule has 1 aromatic carbocycles. The Balaban J connectivity index is 1.66. The summed E-state index contributed by atoms with van der Waals surface area (Å²) in [6, 6.07) is 10.1. The van der Waals surface area contributed by atoms with Gasteiger partial charge >= 0.3 is 6.03 Å². The van der Waals surface area contributed by atoms with E-state index in [1.807, 2.05) is 43.1 Å². The second-order valence-electron chi connectivity index (χ2n) is 6.64. The molecule has 0 bridgehead atoms. The summed E-state index contributed by atoms with van der Waals surface area (Å²) in [6.07, 6.45) is 3.48. The normalized spacial score (nSPS) is 20.4. The fourth-order valence-corrected chi connectivity index (χ4v) is 3.15. The second-order valence-corrected chi connectivity index (χ2v) is 6.64. The van der Waals surface area contributed by atoms with Gasteiger partial charge in [0.15, 0.2) is 0 Å². The maximum Gasteiger partial charge on any atom is 0.318 e. The molecule has 3 rings (SSSR count). The fraction of sp³-hybridized carbons (Fsp3) is 0.400. The highest BCUT2D eigenvalue weighted by molar-refractivity contribution is 5.74. The molecule has 1 aliphatic rings. The van der Waals surface area contributed by atoms with E-state index in [1.54, 1.807) is 6.20 Å². The summed E-state index contributed by atoms with van der Waals surface area (Å²) in [5.74, 6) is 0. The summed E-state index contributed by atoms with van der Waals surface area (Å²) in [4.78, 5) is 18.7. The van der Waals surface area contributed by atoms with Crippen LogP contribution in [0, 0.1) is 13.8 Å². The third kappa shape index (κ3) is 3.99. The number of nitrogens with one attached hydrogen (secondary N) is 1. The van der Waals surface area contributed by atoms with E-state index in [0.717, 1.165) is 16.7 Å². The van der Waals surface area contributed by atoms with Crippen LogP contribution in [0.15, 0.2) is 42.7 Å². The van der Waals surface area contributed by atoms with Gasteiger partial charge < -0.3 is 15.0 Å². The highest BCUT2D eigenvalue weighted by Gasteiger charge is 2.31. The van der Waals surface area contributed by atoms with Crippen molar-refractivity contribution in [3.63, 3.8) is 0 Å². The number of hydrogen-bond acceptors (Lipinski definition) is 3. The Morgan fingerprint density at radius 2 is 2.08 bits per heavy atom. The van der Waals surface area contributed by atoms with Crippen molar-refractivity contribution in [2.75, 3.05) is 13.2 Å². The first-order valence-electron chi connectivity index (χ1n) is 8.67. The van der Waals surface area contributed by atoms with E-state index in [9.17, 15) is 4.79 Å². The van der Waals surface area contributed by atoms with Crippen LogP contribution in [0.1, 0.15) is 35.3 Å². The van der Waals surface area contributed by atoms with Crippen LogP contribution in [-0.2, 0) is 11.3 Å². The zero-order chi connectivity index (χ0) is 17.8. The van der Waals surface area contributed by atoms with Crippen molar-refractivity contribution >= 4 is 6.03 Å². The van der Waals surface area contributed by atoms with E-state index in [-0.39, 0.29) is 18.2 Å². The van der Waals surface area contributed by atoms with E-state index in [4.69, 9.17) is 4.74 Å². The Morgan fingerprint density at radius 1 is 1.28 bits per heavy atom. The van der Waals surface area contributed by atoms with Crippen molar-refractivity contribution in [1.29, 1.82) is 0 Å².